The second-order valence-corrected chi connectivity index (χ2v) is 3.23. The third-order valence-electron chi connectivity index (χ3n) is 2.18. The molecule has 74 valence electrons. The maximum absolute atomic E-state index is 5.44. The van der Waals surface area contributed by atoms with Gasteiger partial charge in [0.15, 0.2) is 0 Å². The summed E-state index contributed by atoms with van der Waals surface area (Å²) < 4.78 is 5.27. The average Bonchev–Trinajstić information content (AvgIpc) is 2.65. The molecule has 3 N–H and O–H groups in total. The molecule has 0 bridgehead atoms. The highest BCUT2D eigenvalue weighted by atomic mass is 16.3. The van der Waals surface area contributed by atoms with Crippen LogP contribution in [0.5, 0.6) is 0 Å². The van der Waals surface area contributed by atoms with Crippen LogP contribution in [0.4, 0.5) is 0 Å². The molecule has 13 heavy (non-hydrogen) atoms. The molecule has 3 heteroatoms. The van der Waals surface area contributed by atoms with Crippen LogP contribution in [0, 0.1) is 0 Å². The minimum Gasteiger partial charge on any atom is -0.468 e. The topological polar surface area (TPSA) is 51.2 Å². The summed E-state index contributed by atoms with van der Waals surface area (Å²) in [7, 11) is 0. The zero-order valence-corrected chi connectivity index (χ0v) is 8.12. The standard InChI is InChI=1S/C10H18N2O/c1-2-3-4-6-9(12-11)10-7-5-8-13-10/h5,7-9,12H,2-4,6,11H2,1H3/t9-/m1/s1. The summed E-state index contributed by atoms with van der Waals surface area (Å²) in [6.45, 7) is 2.19. The van der Waals surface area contributed by atoms with E-state index in [9.17, 15) is 0 Å². The lowest BCUT2D eigenvalue weighted by Gasteiger charge is -2.12. The minimum absolute atomic E-state index is 0.168. The number of furan rings is 1. The second-order valence-electron chi connectivity index (χ2n) is 3.23. The van der Waals surface area contributed by atoms with Crippen molar-refractivity contribution in [3.63, 3.8) is 0 Å². The van der Waals surface area contributed by atoms with E-state index in [0.29, 0.717) is 0 Å². The molecule has 0 saturated carbocycles. The molecule has 0 aliphatic heterocycles. The lowest BCUT2D eigenvalue weighted by Crippen LogP contribution is -2.27. The summed E-state index contributed by atoms with van der Waals surface area (Å²) in [5.41, 5.74) is 2.77. The molecule has 0 aliphatic carbocycles. The van der Waals surface area contributed by atoms with E-state index in [1.54, 1.807) is 6.26 Å². The Labute approximate surface area is 79.3 Å². The van der Waals surface area contributed by atoms with E-state index < -0.39 is 0 Å². The summed E-state index contributed by atoms with van der Waals surface area (Å²) in [4.78, 5) is 0. The van der Waals surface area contributed by atoms with Crippen LogP contribution < -0.4 is 11.3 Å². The summed E-state index contributed by atoms with van der Waals surface area (Å²) >= 11 is 0. The van der Waals surface area contributed by atoms with Crippen LogP contribution in [0.15, 0.2) is 22.8 Å². The van der Waals surface area contributed by atoms with Crippen LogP contribution in [0.2, 0.25) is 0 Å². The summed E-state index contributed by atoms with van der Waals surface area (Å²) in [5.74, 6) is 6.37. The maximum atomic E-state index is 5.44. The number of rotatable bonds is 6. The van der Waals surface area contributed by atoms with Crippen molar-refractivity contribution in [1.29, 1.82) is 0 Å². The highest BCUT2D eigenvalue weighted by molar-refractivity contribution is 5.03. The Morgan fingerprint density at radius 1 is 1.54 bits per heavy atom. The van der Waals surface area contributed by atoms with E-state index in [0.717, 1.165) is 12.2 Å². The quantitative estimate of drug-likeness (QED) is 0.403. The van der Waals surface area contributed by atoms with Gasteiger partial charge in [-0.05, 0) is 18.6 Å². The van der Waals surface area contributed by atoms with Crippen molar-refractivity contribution in [3.05, 3.63) is 24.2 Å². The molecule has 1 aromatic rings. The van der Waals surface area contributed by atoms with Crippen molar-refractivity contribution in [2.24, 2.45) is 5.84 Å². The smallest absolute Gasteiger partial charge is 0.122 e. The molecule has 3 nitrogen and oxygen atoms in total. The van der Waals surface area contributed by atoms with Gasteiger partial charge in [-0.3, -0.25) is 5.84 Å². The molecule has 0 spiro atoms. The number of nitrogens with two attached hydrogens (primary N) is 1. The first-order chi connectivity index (χ1) is 6.38. The van der Waals surface area contributed by atoms with Gasteiger partial charge in [0.2, 0.25) is 0 Å². The van der Waals surface area contributed by atoms with Crippen LogP contribution in [-0.2, 0) is 0 Å². The number of hydrogen-bond acceptors (Lipinski definition) is 3. The monoisotopic (exact) mass is 182 g/mol. The maximum Gasteiger partial charge on any atom is 0.122 e. The van der Waals surface area contributed by atoms with E-state index >= 15 is 0 Å². The zero-order valence-electron chi connectivity index (χ0n) is 8.12. The fraction of sp³-hybridized carbons (Fsp3) is 0.600. The summed E-state index contributed by atoms with van der Waals surface area (Å²) in [6.07, 6.45) is 6.39. The molecule has 0 amide bonds. The third kappa shape index (κ3) is 3.20. The molecule has 0 aromatic carbocycles. The molecule has 1 rings (SSSR count). The predicted molar refractivity (Wildman–Crippen MR) is 52.9 cm³/mol. The first-order valence-electron chi connectivity index (χ1n) is 4.88. The first-order valence-corrected chi connectivity index (χ1v) is 4.88. The van der Waals surface area contributed by atoms with Crippen molar-refractivity contribution >= 4 is 0 Å². The van der Waals surface area contributed by atoms with Gasteiger partial charge < -0.3 is 4.42 Å². The molecule has 1 atom stereocenters. The SMILES string of the molecule is CCCCC[C@@H](NN)c1ccco1. The van der Waals surface area contributed by atoms with E-state index in [4.69, 9.17) is 10.3 Å². The Hall–Kier alpha value is -0.800. The van der Waals surface area contributed by atoms with Gasteiger partial charge in [-0.15, -0.1) is 0 Å². The molecule has 0 aliphatic rings. The Kier molecular flexibility index (Phi) is 4.57. The van der Waals surface area contributed by atoms with Gasteiger partial charge in [-0.2, -0.15) is 0 Å². The highest BCUT2D eigenvalue weighted by Gasteiger charge is 2.10. The second kappa shape index (κ2) is 5.78. The fourth-order valence-electron chi connectivity index (χ4n) is 1.40. The zero-order chi connectivity index (χ0) is 9.52. The highest BCUT2D eigenvalue weighted by Crippen LogP contribution is 2.18. The van der Waals surface area contributed by atoms with Gasteiger partial charge in [-0.1, -0.05) is 26.2 Å². The van der Waals surface area contributed by atoms with Gasteiger partial charge in [0, 0.05) is 0 Å². The molecular formula is C10H18N2O. The Morgan fingerprint density at radius 3 is 2.92 bits per heavy atom. The lowest BCUT2D eigenvalue weighted by molar-refractivity contribution is 0.390. The van der Waals surface area contributed by atoms with E-state index in [-0.39, 0.29) is 6.04 Å². The Balaban J connectivity index is 2.35. The van der Waals surface area contributed by atoms with Crippen molar-refractivity contribution in [3.8, 4) is 0 Å². The molecule has 0 saturated heterocycles. The normalized spacial score (nSPS) is 13.1. The largest absolute Gasteiger partial charge is 0.468 e. The average molecular weight is 182 g/mol. The Bertz CT molecular complexity index is 209. The van der Waals surface area contributed by atoms with Crippen LogP contribution in [0.3, 0.4) is 0 Å². The van der Waals surface area contributed by atoms with Crippen molar-refractivity contribution in [2.75, 3.05) is 0 Å². The molecule has 1 aromatic heterocycles. The fourth-order valence-corrected chi connectivity index (χ4v) is 1.40. The van der Waals surface area contributed by atoms with Crippen LogP contribution in [0.25, 0.3) is 0 Å². The van der Waals surface area contributed by atoms with Crippen LogP contribution in [0.1, 0.15) is 44.4 Å². The van der Waals surface area contributed by atoms with Gasteiger partial charge in [0.25, 0.3) is 0 Å². The Morgan fingerprint density at radius 2 is 2.38 bits per heavy atom. The number of nitrogens with one attached hydrogen (secondary N) is 1. The van der Waals surface area contributed by atoms with Crippen molar-refractivity contribution in [2.45, 2.75) is 38.6 Å². The van der Waals surface area contributed by atoms with Gasteiger partial charge in [0.05, 0.1) is 12.3 Å². The predicted octanol–water partition coefficient (Wildman–Crippen LogP) is 2.36. The van der Waals surface area contributed by atoms with Crippen molar-refractivity contribution < 1.29 is 4.42 Å². The number of hydrazine groups is 1. The molecule has 1 heterocycles. The van der Waals surface area contributed by atoms with E-state index in [1.807, 2.05) is 12.1 Å². The minimum atomic E-state index is 0.168. The van der Waals surface area contributed by atoms with Gasteiger partial charge >= 0.3 is 0 Å². The molecule has 0 unspecified atom stereocenters. The van der Waals surface area contributed by atoms with E-state index in [1.165, 1.54) is 19.3 Å². The first kappa shape index (κ1) is 10.3. The number of unbranched alkanes of at least 4 members (excludes halogenated alkanes) is 2. The lowest BCUT2D eigenvalue weighted by atomic mass is 10.1. The van der Waals surface area contributed by atoms with Gasteiger partial charge in [-0.25, -0.2) is 5.43 Å². The van der Waals surface area contributed by atoms with Crippen LogP contribution in [-0.4, -0.2) is 0 Å². The third-order valence-corrected chi connectivity index (χ3v) is 2.18. The molecular weight excluding hydrogens is 164 g/mol. The van der Waals surface area contributed by atoms with E-state index in [2.05, 4.69) is 12.3 Å². The summed E-state index contributed by atoms with van der Waals surface area (Å²) in [5, 5.41) is 0. The van der Waals surface area contributed by atoms with Crippen molar-refractivity contribution in [1.82, 2.24) is 5.43 Å². The molecule has 0 fully saturated rings. The molecule has 0 radical (unpaired) electrons. The van der Waals surface area contributed by atoms with Crippen LogP contribution >= 0.6 is 0 Å². The number of hydrogen-bond donors (Lipinski definition) is 2. The van der Waals surface area contributed by atoms with Gasteiger partial charge in [0.1, 0.15) is 5.76 Å². The summed E-state index contributed by atoms with van der Waals surface area (Å²) in [6, 6.07) is 4.01.